The zero-order chi connectivity index (χ0) is 40.2. The molecule has 0 aromatic rings. The molecule has 0 aromatic carbocycles. The first-order valence-corrected chi connectivity index (χ1v) is 23.7. The smallest absolute Gasteiger partial charge is 0.311 e. The Kier molecular flexibility index (Phi) is 35.5. The Morgan fingerprint density at radius 1 is 0.537 bits per heavy atom. The highest BCUT2D eigenvalue weighted by atomic mass is 16.5. The molecular formula is C48H95NO5. The van der Waals surface area contributed by atoms with E-state index in [1.807, 2.05) is 13.8 Å². The standard InChI is InChI=1S/C48H95NO5/c1-8-11-14-17-20-21-22-25-33-42-53-46(52)48(6,7)37-30-32-39-49(40-41-50)38-31-26-29-36-47(4,5)43-45(51)54-44(34-27-23-18-15-12-9-2)35-28-24-19-16-13-10-3/h44,50H,8-43H2,1-7H3. The van der Waals surface area contributed by atoms with Crippen LogP contribution in [-0.2, 0) is 19.1 Å². The summed E-state index contributed by atoms with van der Waals surface area (Å²) in [5, 5.41) is 9.68. The lowest BCUT2D eigenvalue weighted by molar-refractivity contribution is -0.154. The van der Waals surface area contributed by atoms with Crippen molar-refractivity contribution in [2.45, 2.75) is 254 Å². The van der Waals surface area contributed by atoms with Crippen LogP contribution in [0.5, 0.6) is 0 Å². The second kappa shape index (κ2) is 36.2. The number of rotatable bonds is 41. The van der Waals surface area contributed by atoms with Gasteiger partial charge in [0.1, 0.15) is 6.10 Å². The summed E-state index contributed by atoms with van der Waals surface area (Å²) < 4.78 is 11.8. The number of hydrogen-bond acceptors (Lipinski definition) is 6. The first kappa shape index (κ1) is 52.9. The van der Waals surface area contributed by atoms with Crippen LogP contribution in [0.25, 0.3) is 0 Å². The molecule has 0 fully saturated rings. The van der Waals surface area contributed by atoms with E-state index in [0.717, 1.165) is 83.7 Å². The molecule has 0 saturated heterocycles. The maximum absolute atomic E-state index is 13.1. The molecule has 0 aliphatic heterocycles. The van der Waals surface area contributed by atoms with Gasteiger partial charge in [0.2, 0.25) is 0 Å². The number of nitrogens with zero attached hydrogens (tertiary/aromatic N) is 1. The summed E-state index contributed by atoms with van der Waals surface area (Å²) in [5.41, 5.74) is -0.517. The fraction of sp³-hybridized carbons (Fsp3) is 0.958. The summed E-state index contributed by atoms with van der Waals surface area (Å²) >= 11 is 0. The SMILES string of the molecule is CCCCCCCCCCCOC(=O)C(C)(C)CCCCN(CCO)CCCCCC(C)(C)CC(=O)OC(CCCCCCCC)CCCCCCCC. The van der Waals surface area contributed by atoms with Crippen molar-refractivity contribution in [1.29, 1.82) is 0 Å². The minimum atomic E-state index is -0.455. The molecule has 0 unspecified atom stereocenters. The normalized spacial score (nSPS) is 12.3. The number of aliphatic hydroxyl groups is 1. The molecule has 0 atom stereocenters. The number of unbranched alkanes of at least 4 members (excludes halogenated alkanes) is 21. The molecule has 0 aliphatic rings. The largest absolute Gasteiger partial charge is 0.465 e. The minimum absolute atomic E-state index is 0.00803. The summed E-state index contributed by atoms with van der Waals surface area (Å²) in [7, 11) is 0. The lowest BCUT2D eigenvalue weighted by Gasteiger charge is -2.26. The molecule has 6 heteroatoms. The zero-order valence-electron chi connectivity index (χ0n) is 37.6. The Labute approximate surface area is 337 Å². The fourth-order valence-electron chi connectivity index (χ4n) is 7.64. The Morgan fingerprint density at radius 2 is 0.963 bits per heavy atom. The zero-order valence-corrected chi connectivity index (χ0v) is 37.6. The lowest BCUT2D eigenvalue weighted by Crippen LogP contribution is -2.30. The topological polar surface area (TPSA) is 76.1 Å². The van der Waals surface area contributed by atoms with Gasteiger partial charge >= 0.3 is 11.9 Å². The van der Waals surface area contributed by atoms with Crippen LogP contribution in [0.15, 0.2) is 0 Å². The molecule has 0 bridgehead atoms. The number of ether oxygens (including phenoxy) is 2. The third-order valence-corrected chi connectivity index (χ3v) is 11.5. The number of carbonyl (C=O) groups is 2. The first-order chi connectivity index (χ1) is 26.0. The predicted molar refractivity (Wildman–Crippen MR) is 232 cm³/mol. The molecule has 0 radical (unpaired) electrons. The summed E-state index contributed by atoms with van der Waals surface area (Å²) in [5.74, 6) is -0.0713. The van der Waals surface area contributed by atoms with Gasteiger partial charge in [0.15, 0.2) is 0 Å². The minimum Gasteiger partial charge on any atom is -0.465 e. The van der Waals surface area contributed by atoms with Gasteiger partial charge in [0.05, 0.1) is 25.0 Å². The van der Waals surface area contributed by atoms with E-state index < -0.39 is 5.41 Å². The third-order valence-electron chi connectivity index (χ3n) is 11.5. The molecule has 54 heavy (non-hydrogen) atoms. The van der Waals surface area contributed by atoms with Gasteiger partial charge in [0.25, 0.3) is 0 Å². The summed E-state index contributed by atoms with van der Waals surface area (Å²) in [4.78, 5) is 28.3. The highest BCUT2D eigenvalue weighted by Gasteiger charge is 2.29. The van der Waals surface area contributed by atoms with Crippen LogP contribution in [0.4, 0.5) is 0 Å². The van der Waals surface area contributed by atoms with E-state index in [-0.39, 0.29) is 30.1 Å². The van der Waals surface area contributed by atoms with Crippen molar-refractivity contribution in [3.63, 3.8) is 0 Å². The number of hydrogen-bond donors (Lipinski definition) is 1. The molecule has 0 rings (SSSR count). The third kappa shape index (κ3) is 33.0. The second-order valence-electron chi connectivity index (χ2n) is 18.2. The highest BCUT2D eigenvalue weighted by Crippen LogP contribution is 2.30. The van der Waals surface area contributed by atoms with Crippen molar-refractivity contribution in [3.8, 4) is 0 Å². The predicted octanol–water partition coefficient (Wildman–Crippen LogP) is 13.9. The van der Waals surface area contributed by atoms with Crippen molar-refractivity contribution in [2.24, 2.45) is 10.8 Å². The van der Waals surface area contributed by atoms with Gasteiger partial charge in [-0.3, -0.25) is 9.59 Å². The van der Waals surface area contributed by atoms with Crippen LogP contribution in [0, 0.1) is 10.8 Å². The maximum atomic E-state index is 13.1. The molecule has 0 amide bonds. The Morgan fingerprint density at radius 3 is 1.46 bits per heavy atom. The molecule has 0 spiro atoms. The lowest BCUT2D eigenvalue weighted by atomic mass is 9.83. The van der Waals surface area contributed by atoms with E-state index in [1.54, 1.807) is 0 Å². The number of carbonyl (C=O) groups excluding carboxylic acids is 2. The quantitative estimate of drug-likeness (QED) is 0.0493. The van der Waals surface area contributed by atoms with Crippen molar-refractivity contribution >= 4 is 11.9 Å². The molecule has 0 heterocycles. The van der Waals surface area contributed by atoms with Crippen molar-refractivity contribution in [1.82, 2.24) is 4.90 Å². The molecule has 0 aromatic heterocycles. The molecule has 0 saturated carbocycles. The van der Waals surface area contributed by atoms with Crippen LogP contribution in [0.2, 0.25) is 0 Å². The monoisotopic (exact) mass is 766 g/mol. The van der Waals surface area contributed by atoms with E-state index in [4.69, 9.17) is 9.47 Å². The molecule has 0 aliphatic carbocycles. The van der Waals surface area contributed by atoms with Crippen molar-refractivity contribution in [2.75, 3.05) is 32.8 Å². The maximum Gasteiger partial charge on any atom is 0.311 e. The Bertz CT molecular complexity index is 827. The van der Waals surface area contributed by atoms with E-state index in [1.165, 1.54) is 122 Å². The summed E-state index contributed by atoms with van der Waals surface area (Å²) in [6.07, 6.45) is 36.4. The Hall–Kier alpha value is -1.14. The summed E-state index contributed by atoms with van der Waals surface area (Å²) in [6.45, 7) is 18.6. The highest BCUT2D eigenvalue weighted by molar-refractivity contribution is 5.75. The van der Waals surface area contributed by atoms with Crippen molar-refractivity contribution in [3.05, 3.63) is 0 Å². The van der Waals surface area contributed by atoms with Crippen molar-refractivity contribution < 1.29 is 24.2 Å². The molecule has 1 N–H and O–H groups in total. The van der Waals surface area contributed by atoms with E-state index in [2.05, 4.69) is 39.5 Å². The van der Waals surface area contributed by atoms with Crippen LogP contribution >= 0.6 is 0 Å². The van der Waals surface area contributed by atoms with Gasteiger partial charge in [-0.2, -0.15) is 0 Å². The van der Waals surface area contributed by atoms with Gasteiger partial charge in [0, 0.05) is 6.54 Å². The molecule has 322 valence electrons. The number of esters is 2. The average molecular weight is 766 g/mol. The van der Waals surface area contributed by atoms with Gasteiger partial charge < -0.3 is 19.5 Å². The average Bonchev–Trinajstić information content (AvgIpc) is 3.12. The van der Waals surface area contributed by atoms with Crippen LogP contribution < -0.4 is 0 Å². The molecule has 6 nitrogen and oxygen atoms in total. The van der Waals surface area contributed by atoms with E-state index in [9.17, 15) is 14.7 Å². The fourth-order valence-corrected chi connectivity index (χ4v) is 7.64. The summed E-state index contributed by atoms with van der Waals surface area (Å²) in [6, 6.07) is 0. The van der Waals surface area contributed by atoms with Gasteiger partial charge in [-0.1, -0.05) is 169 Å². The van der Waals surface area contributed by atoms with E-state index in [0.29, 0.717) is 19.6 Å². The Balaban J connectivity index is 4.38. The first-order valence-electron chi connectivity index (χ1n) is 23.7. The van der Waals surface area contributed by atoms with Crippen LogP contribution in [-0.4, -0.2) is 60.9 Å². The van der Waals surface area contributed by atoms with Gasteiger partial charge in [-0.15, -0.1) is 0 Å². The van der Waals surface area contributed by atoms with Crippen LogP contribution in [0.1, 0.15) is 248 Å². The van der Waals surface area contributed by atoms with E-state index >= 15 is 0 Å². The van der Waals surface area contributed by atoms with Gasteiger partial charge in [-0.25, -0.2) is 0 Å². The molecular weight excluding hydrogens is 671 g/mol. The second-order valence-corrected chi connectivity index (χ2v) is 18.2. The van der Waals surface area contributed by atoms with Gasteiger partial charge in [-0.05, 0) is 90.1 Å². The number of aliphatic hydroxyl groups excluding tert-OH is 1. The van der Waals surface area contributed by atoms with Crippen LogP contribution in [0.3, 0.4) is 0 Å².